The van der Waals surface area contributed by atoms with Gasteiger partial charge in [0.1, 0.15) is 17.1 Å². The third-order valence-corrected chi connectivity index (χ3v) is 5.04. The number of nitrogens with zero attached hydrogens (tertiary/aromatic N) is 3. The number of para-hydroxylation sites is 1. The van der Waals surface area contributed by atoms with Gasteiger partial charge in [-0.3, -0.25) is 14.9 Å². The molecule has 1 N–H and O–H groups in total. The van der Waals surface area contributed by atoms with Crippen LogP contribution >= 0.6 is 0 Å². The Labute approximate surface area is 184 Å². The van der Waals surface area contributed by atoms with Gasteiger partial charge >= 0.3 is 0 Å². The highest BCUT2D eigenvalue weighted by atomic mass is 16.6. The van der Waals surface area contributed by atoms with E-state index < -0.39 is 10.8 Å². The maximum absolute atomic E-state index is 13.4. The molecule has 0 saturated carbocycles. The highest BCUT2D eigenvalue weighted by molar-refractivity contribution is 6.10. The van der Waals surface area contributed by atoms with Crippen molar-refractivity contribution in [1.29, 1.82) is 0 Å². The molecule has 1 heterocycles. The first-order chi connectivity index (χ1) is 15.5. The van der Waals surface area contributed by atoms with Crippen LogP contribution in [0.25, 0.3) is 16.9 Å². The molecule has 3 aromatic carbocycles. The summed E-state index contributed by atoms with van der Waals surface area (Å²) in [7, 11) is 1.42. The molecule has 160 valence electrons. The minimum atomic E-state index is -0.559. The Balaban J connectivity index is 1.82. The summed E-state index contributed by atoms with van der Waals surface area (Å²) in [5.41, 5.74) is 2.82. The van der Waals surface area contributed by atoms with Gasteiger partial charge in [0.05, 0.1) is 35.0 Å². The van der Waals surface area contributed by atoms with Gasteiger partial charge in [0, 0.05) is 5.56 Å². The standard InChI is InChI=1S/C24H20N4O4/c1-16-22(24(29)25-20-14-13-19(32-2)15-21(20)28(30)31)23(17-9-5-3-6-10-17)26-27(16)18-11-7-4-8-12-18/h3-15H,1-2H3,(H,25,29). The number of ether oxygens (including phenoxy) is 1. The molecule has 0 atom stereocenters. The average Bonchev–Trinajstić information content (AvgIpc) is 3.17. The van der Waals surface area contributed by atoms with E-state index in [-0.39, 0.29) is 11.4 Å². The van der Waals surface area contributed by atoms with Crippen molar-refractivity contribution in [3.8, 4) is 22.7 Å². The van der Waals surface area contributed by atoms with Crippen LogP contribution in [0.4, 0.5) is 11.4 Å². The number of carbonyl (C=O) groups is 1. The smallest absolute Gasteiger partial charge is 0.296 e. The van der Waals surface area contributed by atoms with E-state index in [0.29, 0.717) is 22.7 Å². The van der Waals surface area contributed by atoms with Gasteiger partial charge in [-0.1, -0.05) is 48.5 Å². The lowest BCUT2D eigenvalue weighted by Crippen LogP contribution is -2.15. The first kappa shape index (κ1) is 20.8. The fraction of sp³-hybridized carbons (Fsp3) is 0.0833. The van der Waals surface area contributed by atoms with Crippen molar-refractivity contribution in [1.82, 2.24) is 9.78 Å². The van der Waals surface area contributed by atoms with E-state index in [4.69, 9.17) is 9.84 Å². The minimum absolute atomic E-state index is 0.0756. The average molecular weight is 428 g/mol. The van der Waals surface area contributed by atoms with E-state index in [0.717, 1.165) is 11.3 Å². The van der Waals surface area contributed by atoms with Crippen LogP contribution in [-0.2, 0) is 0 Å². The Hall–Kier alpha value is -4.46. The molecule has 0 saturated heterocycles. The number of aromatic nitrogens is 2. The first-order valence-corrected chi connectivity index (χ1v) is 9.84. The molecule has 0 unspecified atom stereocenters. The van der Waals surface area contributed by atoms with Gasteiger partial charge in [-0.2, -0.15) is 5.10 Å². The molecular formula is C24H20N4O4. The van der Waals surface area contributed by atoms with Crippen LogP contribution in [0.5, 0.6) is 5.75 Å². The predicted octanol–water partition coefficient (Wildman–Crippen LogP) is 5.02. The van der Waals surface area contributed by atoms with Gasteiger partial charge in [0.15, 0.2) is 0 Å². The van der Waals surface area contributed by atoms with E-state index in [1.807, 2.05) is 60.7 Å². The molecule has 0 spiro atoms. The number of carbonyl (C=O) groups excluding carboxylic acids is 1. The van der Waals surface area contributed by atoms with Crippen LogP contribution < -0.4 is 10.1 Å². The fourth-order valence-electron chi connectivity index (χ4n) is 3.47. The number of nitro groups is 1. The normalized spacial score (nSPS) is 10.6. The van der Waals surface area contributed by atoms with E-state index in [9.17, 15) is 14.9 Å². The molecule has 8 nitrogen and oxygen atoms in total. The lowest BCUT2D eigenvalue weighted by Gasteiger charge is -2.09. The van der Waals surface area contributed by atoms with Crippen molar-refractivity contribution in [2.45, 2.75) is 6.92 Å². The van der Waals surface area contributed by atoms with E-state index in [1.54, 1.807) is 17.7 Å². The van der Waals surface area contributed by atoms with Gasteiger partial charge in [-0.25, -0.2) is 4.68 Å². The molecule has 0 aliphatic rings. The van der Waals surface area contributed by atoms with Crippen LogP contribution in [0, 0.1) is 17.0 Å². The van der Waals surface area contributed by atoms with Crippen molar-refractivity contribution in [3.05, 3.63) is 100 Å². The van der Waals surface area contributed by atoms with Crippen molar-refractivity contribution in [3.63, 3.8) is 0 Å². The molecule has 4 aromatic rings. The van der Waals surface area contributed by atoms with Crippen molar-refractivity contribution < 1.29 is 14.5 Å². The van der Waals surface area contributed by atoms with E-state index in [2.05, 4.69) is 5.32 Å². The number of nitrogens with one attached hydrogen (secondary N) is 1. The van der Waals surface area contributed by atoms with Crippen molar-refractivity contribution in [2.75, 3.05) is 12.4 Å². The molecule has 0 aliphatic heterocycles. The number of amides is 1. The Bertz CT molecular complexity index is 1280. The van der Waals surface area contributed by atoms with Crippen LogP contribution in [0.2, 0.25) is 0 Å². The second-order valence-electron chi connectivity index (χ2n) is 7.02. The topological polar surface area (TPSA) is 99.3 Å². The Kier molecular flexibility index (Phi) is 5.67. The molecular weight excluding hydrogens is 408 g/mol. The summed E-state index contributed by atoms with van der Waals surface area (Å²) in [6.07, 6.45) is 0. The van der Waals surface area contributed by atoms with Crippen molar-refractivity contribution >= 4 is 17.3 Å². The van der Waals surface area contributed by atoms with Crippen LogP contribution in [0.15, 0.2) is 78.9 Å². The Morgan fingerprint density at radius 2 is 1.69 bits per heavy atom. The zero-order chi connectivity index (χ0) is 22.7. The van der Waals surface area contributed by atoms with E-state index >= 15 is 0 Å². The maximum atomic E-state index is 13.4. The number of hydrogen-bond acceptors (Lipinski definition) is 5. The molecule has 4 rings (SSSR count). The fourth-order valence-corrected chi connectivity index (χ4v) is 3.47. The number of anilines is 1. The molecule has 8 heteroatoms. The van der Waals surface area contributed by atoms with Gasteiger partial charge in [-0.15, -0.1) is 0 Å². The highest BCUT2D eigenvalue weighted by Crippen LogP contribution is 2.32. The quantitative estimate of drug-likeness (QED) is 0.343. The monoisotopic (exact) mass is 428 g/mol. The van der Waals surface area contributed by atoms with E-state index in [1.165, 1.54) is 19.2 Å². The van der Waals surface area contributed by atoms with Crippen LogP contribution in [0.3, 0.4) is 0 Å². The second-order valence-corrected chi connectivity index (χ2v) is 7.02. The summed E-state index contributed by atoms with van der Waals surface area (Å²) in [5.74, 6) is -0.162. The summed E-state index contributed by atoms with van der Waals surface area (Å²) < 4.78 is 6.76. The first-order valence-electron chi connectivity index (χ1n) is 9.84. The third-order valence-electron chi connectivity index (χ3n) is 5.04. The van der Waals surface area contributed by atoms with Crippen LogP contribution in [0.1, 0.15) is 16.1 Å². The van der Waals surface area contributed by atoms with Crippen molar-refractivity contribution in [2.24, 2.45) is 0 Å². The largest absolute Gasteiger partial charge is 0.496 e. The second kappa shape index (κ2) is 8.73. The van der Waals surface area contributed by atoms with Gasteiger partial charge < -0.3 is 10.1 Å². The molecule has 32 heavy (non-hydrogen) atoms. The molecule has 0 radical (unpaired) electrons. The number of rotatable bonds is 6. The van der Waals surface area contributed by atoms with Gasteiger partial charge in [0.2, 0.25) is 0 Å². The SMILES string of the molecule is COc1ccc(NC(=O)c2c(-c3ccccc3)nn(-c3ccccc3)c2C)c([N+](=O)[O-])c1. The van der Waals surface area contributed by atoms with Gasteiger partial charge in [-0.05, 0) is 31.2 Å². The molecule has 0 fully saturated rings. The lowest BCUT2D eigenvalue weighted by atomic mass is 10.1. The summed E-state index contributed by atoms with van der Waals surface area (Å²) in [6.45, 7) is 1.80. The summed E-state index contributed by atoms with van der Waals surface area (Å²) in [5, 5.41) is 18.9. The summed E-state index contributed by atoms with van der Waals surface area (Å²) in [6, 6.07) is 23.1. The highest BCUT2D eigenvalue weighted by Gasteiger charge is 2.25. The number of hydrogen-bond donors (Lipinski definition) is 1. The molecule has 1 amide bonds. The summed E-state index contributed by atoms with van der Waals surface area (Å²) >= 11 is 0. The zero-order valence-electron chi connectivity index (χ0n) is 17.5. The summed E-state index contributed by atoms with van der Waals surface area (Å²) in [4.78, 5) is 24.4. The Morgan fingerprint density at radius 1 is 1.03 bits per heavy atom. The predicted molar refractivity (Wildman–Crippen MR) is 121 cm³/mol. The molecule has 0 aliphatic carbocycles. The Morgan fingerprint density at radius 3 is 2.31 bits per heavy atom. The van der Waals surface area contributed by atoms with Crippen LogP contribution in [-0.4, -0.2) is 27.7 Å². The minimum Gasteiger partial charge on any atom is -0.496 e. The third kappa shape index (κ3) is 3.93. The molecule has 0 bridgehead atoms. The maximum Gasteiger partial charge on any atom is 0.296 e. The van der Waals surface area contributed by atoms with Gasteiger partial charge in [0.25, 0.3) is 11.6 Å². The number of benzene rings is 3. The number of methoxy groups -OCH3 is 1. The molecule has 1 aromatic heterocycles. The zero-order valence-corrected chi connectivity index (χ0v) is 17.5. The number of nitro benzene ring substituents is 1. The lowest BCUT2D eigenvalue weighted by molar-refractivity contribution is -0.384.